The SMILES string of the molecule is COc1cccc(N2CCN(C(=O)[C@@H]3CCCN(S(=O)(=O)c4cccc(Cl)c4)C3)CC2)c1. The van der Waals surface area contributed by atoms with Crippen LogP contribution >= 0.6 is 11.6 Å². The molecule has 0 radical (unpaired) electrons. The predicted molar refractivity (Wildman–Crippen MR) is 125 cm³/mol. The van der Waals surface area contributed by atoms with E-state index in [9.17, 15) is 13.2 Å². The van der Waals surface area contributed by atoms with E-state index < -0.39 is 10.0 Å². The van der Waals surface area contributed by atoms with Gasteiger partial charge in [0.2, 0.25) is 15.9 Å². The summed E-state index contributed by atoms with van der Waals surface area (Å²) < 4.78 is 32.9. The number of hydrogen-bond donors (Lipinski definition) is 0. The van der Waals surface area contributed by atoms with Gasteiger partial charge in [-0.05, 0) is 43.2 Å². The Morgan fingerprint density at radius 2 is 1.78 bits per heavy atom. The number of benzene rings is 2. The lowest BCUT2D eigenvalue weighted by Crippen LogP contribution is -2.53. The van der Waals surface area contributed by atoms with Crippen molar-refractivity contribution < 1.29 is 17.9 Å². The van der Waals surface area contributed by atoms with Gasteiger partial charge in [-0.15, -0.1) is 0 Å². The third kappa shape index (κ3) is 4.87. The molecule has 2 heterocycles. The Hall–Kier alpha value is -2.29. The summed E-state index contributed by atoms with van der Waals surface area (Å²) in [5.41, 5.74) is 1.08. The molecule has 2 fully saturated rings. The zero-order valence-corrected chi connectivity index (χ0v) is 19.7. The number of carbonyl (C=O) groups excluding carboxylic acids is 1. The summed E-state index contributed by atoms with van der Waals surface area (Å²) in [4.78, 5) is 17.5. The highest BCUT2D eigenvalue weighted by atomic mass is 35.5. The third-order valence-electron chi connectivity index (χ3n) is 6.18. The molecule has 2 aliphatic heterocycles. The fraction of sp³-hybridized carbons (Fsp3) is 0.435. The van der Waals surface area contributed by atoms with Gasteiger partial charge in [0.15, 0.2) is 0 Å². The average Bonchev–Trinajstić information content (AvgIpc) is 2.84. The first-order chi connectivity index (χ1) is 15.4. The maximum absolute atomic E-state index is 13.2. The lowest BCUT2D eigenvalue weighted by Gasteiger charge is -2.39. The Labute approximate surface area is 194 Å². The normalized spacial score (nSPS) is 20.2. The number of halogens is 1. The molecule has 2 aromatic rings. The molecule has 172 valence electrons. The van der Waals surface area contributed by atoms with E-state index in [1.165, 1.54) is 10.4 Å². The molecule has 1 amide bonds. The first kappa shape index (κ1) is 22.9. The maximum Gasteiger partial charge on any atom is 0.243 e. The zero-order chi connectivity index (χ0) is 22.7. The molecule has 0 aromatic heterocycles. The molecule has 7 nitrogen and oxygen atoms in total. The molecule has 2 saturated heterocycles. The third-order valence-corrected chi connectivity index (χ3v) is 8.27. The van der Waals surface area contributed by atoms with Crippen LogP contribution in [0, 0.1) is 5.92 Å². The molecule has 1 atom stereocenters. The summed E-state index contributed by atoms with van der Waals surface area (Å²) >= 11 is 5.99. The van der Waals surface area contributed by atoms with Crippen LogP contribution < -0.4 is 9.64 Å². The fourth-order valence-corrected chi connectivity index (χ4v) is 6.21. The van der Waals surface area contributed by atoms with Crippen molar-refractivity contribution >= 4 is 33.2 Å². The first-order valence-corrected chi connectivity index (χ1v) is 12.6. The van der Waals surface area contributed by atoms with Crippen LogP contribution in [-0.2, 0) is 14.8 Å². The van der Waals surface area contributed by atoms with E-state index in [2.05, 4.69) is 4.90 Å². The van der Waals surface area contributed by atoms with E-state index in [0.29, 0.717) is 37.5 Å². The summed E-state index contributed by atoms with van der Waals surface area (Å²) in [6.07, 6.45) is 1.37. The zero-order valence-electron chi connectivity index (χ0n) is 18.1. The first-order valence-electron chi connectivity index (χ1n) is 10.8. The van der Waals surface area contributed by atoms with Gasteiger partial charge in [0.1, 0.15) is 5.75 Å². The summed E-state index contributed by atoms with van der Waals surface area (Å²) in [5.74, 6) is 0.534. The molecule has 0 bridgehead atoms. The molecule has 0 saturated carbocycles. The average molecular weight is 478 g/mol. The molecule has 32 heavy (non-hydrogen) atoms. The molecule has 2 aromatic carbocycles. The topological polar surface area (TPSA) is 70.2 Å². The quantitative estimate of drug-likeness (QED) is 0.661. The van der Waals surface area contributed by atoms with Crippen molar-refractivity contribution in [3.63, 3.8) is 0 Å². The summed E-state index contributed by atoms with van der Waals surface area (Å²) in [6, 6.07) is 14.2. The highest BCUT2D eigenvalue weighted by Crippen LogP contribution is 2.27. The molecule has 0 unspecified atom stereocenters. The Bertz CT molecular complexity index is 1070. The molecule has 4 rings (SSSR count). The summed E-state index contributed by atoms with van der Waals surface area (Å²) in [6.45, 7) is 3.33. The molecule has 0 aliphatic carbocycles. The van der Waals surface area contributed by atoms with E-state index in [1.54, 1.807) is 25.3 Å². The Kier molecular flexibility index (Phi) is 6.93. The lowest BCUT2D eigenvalue weighted by molar-refractivity contribution is -0.137. The number of hydrogen-bond acceptors (Lipinski definition) is 5. The van der Waals surface area contributed by atoms with Crippen LogP contribution in [0.3, 0.4) is 0 Å². The van der Waals surface area contributed by atoms with Crippen LogP contribution in [0.4, 0.5) is 5.69 Å². The molecule has 9 heteroatoms. The van der Waals surface area contributed by atoms with E-state index in [-0.39, 0.29) is 23.3 Å². The minimum Gasteiger partial charge on any atom is -0.497 e. The van der Waals surface area contributed by atoms with Crippen LogP contribution in [0.25, 0.3) is 0 Å². The minimum absolute atomic E-state index is 0.0429. The number of amides is 1. The Morgan fingerprint density at radius 3 is 2.50 bits per heavy atom. The Balaban J connectivity index is 1.38. The van der Waals surface area contributed by atoms with Crippen LogP contribution in [0.2, 0.25) is 5.02 Å². The van der Waals surface area contributed by atoms with E-state index in [1.807, 2.05) is 29.2 Å². The fourth-order valence-electron chi connectivity index (χ4n) is 4.39. The Morgan fingerprint density at radius 1 is 1.03 bits per heavy atom. The summed E-state index contributed by atoms with van der Waals surface area (Å²) in [7, 11) is -2.03. The number of rotatable bonds is 5. The number of sulfonamides is 1. The van der Waals surface area contributed by atoms with Crippen molar-refractivity contribution in [2.45, 2.75) is 17.7 Å². The van der Waals surface area contributed by atoms with Gasteiger partial charge in [0.25, 0.3) is 0 Å². The number of nitrogens with zero attached hydrogens (tertiary/aromatic N) is 3. The van der Waals surface area contributed by atoms with Crippen molar-refractivity contribution in [2.24, 2.45) is 5.92 Å². The van der Waals surface area contributed by atoms with Crippen LogP contribution in [0.15, 0.2) is 53.4 Å². The van der Waals surface area contributed by atoms with E-state index >= 15 is 0 Å². The highest BCUT2D eigenvalue weighted by molar-refractivity contribution is 7.89. The van der Waals surface area contributed by atoms with Gasteiger partial charge in [-0.25, -0.2) is 8.42 Å². The molecular weight excluding hydrogens is 450 g/mol. The van der Waals surface area contributed by atoms with Crippen LogP contribution in [0.5, 0.6) is 5.75 Å². The second-order valence-electron chi connectivity index (χ2n) is 8.17. The minimum atomic E-state index is -3.68. The van der Waals surface area contributed by atoms with Crippen molar-refractivity contribution in [2.75, 3.05) is 51.3 Å². The predicted octanol–water partition coefficient (Wildman–Crippen LogP) is 3.10. The smallest absolute Gasteiger partial charge is 0.243 e. The second kappa shape index (κ2) is 9.68. The standard InChI is InChI=1S/C23H28ClN3O4S/c1-31-21-8-3-7-20(16-21)25-11-13-26(14-12-25)23(28)18-5-4-10-27(17-18)32(29,30)22-9-2-6-19(24)15-22/h2-3,6-9,15-16,18H,4-5,10-14,17H2,1H3/t18-/m1/s1. The number of anilines is 1. The van der Waals surface area contributed by atoms with Crippen LogP contribution in [0.1, 0.15) is 12.8 Å². The van der Waals surface area contributed by atoms with E-state index in [0.717, 1.165) is 24.5 Å². The van der Waals surface area contributed by atoms with Crippen LogP contribution in [-0.4, -0.2) is 69.9 Å². The second-order valence-corrected chi connectivity index (χ2v) is 10.5. The van der Waals surface area contributed by atoms with Gasteiger partial charge in [-0.3, -0.25) is 4.79 Å². The number of methoxy groups -OCH3 is 1. The monoisotopic (exact) mass is 477 g/mol. The number of piperazine rings is 1. The van der Waals surface area contributed by atoms with Gasteiger partial charge >= 0.3 is 0 Å². The van der Waals surface area contributed by atoms with Crippen molar-refractivity contribution in [3.05, 3.63) is 53.6 Å². The molecular formula is C23H28ClN3O4S. The molecule has 0 spiro atoms. The number of piperidine rings is 1. The van der Waals surface area contributed by atoms with Crippen molar-refractivity contribution in [1.82, 2.24) is 9.21 Å². The van der Waals surface area contributed by atoms with Gasteiger partial charge in [-0.2, -0.15) is 4.31 Å². The van der Waals surface area contributed by atoms with Gasteiger partial charge in [0.05, 0.1) is 17.9 Å². The molecule has 0 N–H and O–H groups in total. The number of carbonyl (C=O) groups is 1. The van der Waals surface area contributed by atoms with Crippen molar-refractivity contribution in [3.8, 4) is 5.75 Å². The van der Waals surface area contributed by atoms with Gasteiger partial charge in [0, 0.05) is 56.0 Å². The summed E-state index contributed by atoms with van der Waals surface area (Å²) in [5, 5.41) is 0.379. The van der Waals surface area contributed by atoms with Gasteiger partial charge < -0.3 is 14.5 Å². The maximum atomic E-state index is 13.2. The largest absolute Gasteiger partial charge is 0.497 e. The molecule has 2 aliphatic rings. The van der Waals surface area contributed by atoms with E-state index in [4.69, 9.17) is 16.3 Å². The van der Waals surface area contributed by atoms with Gasteiger partial charge in [-0.1, -0.05) is 23.7 Å². The lowest BCUT2D eigenvalue weighted by atomic mass is 9.97. The highest BCUT2D eigenvalue weighted by Gasteiger charge is 2.36. The van der Waals surface area contributed by atoms with Crippen molar-refractivity contribution in [1.29, 1.82) is 0 Å². The number of ether oxygens (including phenoxy) is 1.